The van der Waals surface area contributed by atoms with Crippen molar-refractivity contribution in [2.45, 2.75) is 46.8 Å². The molecule has 0 saturated carbocycles. The van der Waals surface area contributed by atoms with Crippen LogP contribution in [-0.2, 0) is 26.5 Å². The molecule has 4 radical (unpaired) electrons. The minimum atomic E-state index is -1.34. The van der Waals surface area contributed by atoms with Crippen LogP contribution in [0.15, 0.2) is 79.1 Å². The van der Waals surface area contributed by atoms with Gasteiger partial charge in [-0.1, -0.05) is 56.7 Å². The molecule has 0 spiro atoms. The first kappa shape index (κ1) is 30.7. The number of benzene rings is 2. The molecule has 0 unspecified atom stereocenters. The van der Waals surface area contributed by atoms with Crippen molar-refractivity contribution in [3.05, 3.63) is 102 Å². The largest absolute Gasteiger partial charge is 0.305 e. The molecule has 182 valence electrons. The fraction of sp³-hybridized carbons (Fsp3) is 0.267. The van der Waals surface area contributed by atoms with Gasteiger partial charge in [0.1, 0.15) is 0 Å². The molecule has 2 aromatic carbocycles. The average Bonchev–Trinajstić information content (AvgIpc) is 2.79. The number of nitrogens with zero attached hydrogens (tertiary/aromatic N) is 2. The van der Waals surface area contributed by atoms with Crippen LogP contribution in [0.1, 0.15) is 25.0 Å². The van der Waals surface area contributed by atoms with Crippen LogP contribution >= 0.6 is 0 Å². The molecule has 0 aliphatic carbocycles. The molecule has 0 amide bonds. The van der Waals surface area contributed by atoms with Gasteiger partial charge in [0, 0.05) is 40.9 Å². The Balaban J connectivity index is 0.000000356. The van der Waals surface area contributed by atoms with Gasteiger partial charge in [-0.15, -0.1) is 71.8 Å². The van der Waals surface area contributed by atoms with Crippen LogP contribution < -0.4 is 5.19 Å². The van der Waals surface area contributed by atoms with Gasteiger partial charge in [-0.25, -0.2) is 0 Å². The van der Waals surface area contributed by atoms with Crippen molar-refractivity contribution in [3.63, 3.8) is 0 Å². The summed E-state index contributed by atoms with van der Waals surface area (Å²) in [4.78, 5) is 8.97. The molecule has 0 N–H and O–H groups in total. The number of hydrogen-bond acceptors (Lipinski definition) is 2. The first-order valence-electron chi connectivity index (χ1n) is 11.6. The number of hydrogen-bond donors (Lipinski definition) is 0. The molecule has 0 saturated heterocycles. The van der Waals surface area contributed by atoms with E-state index in [-0.39, 0.29) is 28.5 Å². The Bertz CT molecular complexity index is 1160. The maximum Gasteiger partial charge on any atom is 0.0798 e. The Morgan fingerprint density at radius 1 is 0.829 bits per heavy atom. The second-order valence-electron chi connectivity index (χ2n) is 9.85. The van der Waals surface area contributed by atoms with Crippen LogP contribution in [0.4, 0.5) is 0 Å². The summed E-state index contributed by atoms with van der Waals surface area (Å²) in [7, 11) is -1.34. The van der Waals surface area contributed by atoms with Crippen molar-refractivity contribution in [2.24, 2.45) is 5.92 Å². The number of rotatable bonds is 5. The molecule has 35 heavy (non-hydrogen) atoms. The molecule has 0 bridgehead atoms. The van der Waals surface area contributed by atoms with Crippen LogP contribution in [0.2, 0.25) is 19.6 Å². The van der Waals surface area contributed by atoms with E-state index >= 15 is 0 Å². The fourth-order valence-electron chi connectivity index (χ4n) is 3.72. The predicted octanol–water partition coefficient (Wildman–Crippen LogP) is 6.77. The Morgan fingerprint density at radius 3 is 1.86 bits per heavy atom. The van der Waals surface area contributed by atoms with Crippen molar-refractivity contribution < 1.29 is 20.1 Å². The molecule has 5 heteroatoms. The Hall–Kier alpha value is -2.33. The molecule has 0 atom stereocenters. The van der Waals surface area contributed by atoms with Gasteiger partial charge in [0.2, 0.25) is 0 Å². The minimum Gasteiger partial charge on any atom is -0.305 e. The topological polar surface area (TPSA) is 25.8 Å². The smallest absolute Gasteiger partial charge is 0.0798 e. The molecule has 0 aliphatic heterocycles. The minimum absolute atomic E-state index is 0. The van der Waals surface area contributed by atoms with E-state index in [0.717, 1.165) is 28.9 Å². The van der Waals surface area contributed by atoms with Gasteiger partial charge in [-0.2, -0.15) is 0 Å². The SMILES string of the molecule is CC(C)Cc1cc(-c2[c-]cccc2)ncc1[Si](C)(C)C.Cc1ccnc(-c2[c-]cccc2)c1.[B].[Ir]. The molecule has 0 fully saturated rings. The van der Waals surface area contributed by atoms with Gasteiger partial charge in [0.15, 0.2) is 0 Å². The summed E-state index contributed by atoms with van der Waals surface area (Å²) in [6.45, 7) is 13.8. The van der Waals surface area contributed by atoms with E-state index in [4.69, 9.17) is 0 Å². The standard InChI is InChI=1S/C18H24NSi.C12H10N.B.Ir/c1-14(2)11-16-12-17(15-9-7-6-8-10-15)19-13-18(16)20(3,4)5;1-10-7-8-13-12(9-10)11-5-3-2-4-6-11;;/h6-9,12-14H,11H2,1-5H3;2-5,7-9H,1H3;;/q2*-1;;. The summed E-state index contributed by atoms with van der Waals surface area (Å²) < 4.78 is 0. The molecule has 2 aromatic heterocycles. The fourth-order valence-corrected chi connectivity index (χ4v) is 5.31. The van der Waals surface area contributed by atoms with E-state index in [1.54, 1.807) is 0 Å². The number of pyridine rings is 2. The molecule has 2 heterocycles. The van der Waals surface area contributed by atoms with Gasteiger partial charge < -0.3 is 9.97 Å². The van der Waals surface area contributed by atoms with E-state index in [1.165, 1.54) is 16.3 Å². The maximum absolute atomic E-state index is 4.69. The Morgan fingerprint density at radius 2 is 1.40 bits per heavy atom. The normalized spacial score (nSPS) is 10.5. The third-order valence-corrected chi connectivity index (χ3v) is 7.38. The van der Waals surface area contributed by atoms with Crippen molar-refractivity contribution >= 4 is 21.7 Å². The Kier molecular flexibility index (Phi) is 12.5. The van der Waals surface area contributed by atoms with Gasteiger partial charge in [-0.05, 0) is 41.9 Å². The maximum atomic E-state index is 4.69. The summed E-state index contributed by atoms with van der Waals surface area (Å²) in [6, 6.07) is 28.7. The van der Waals surface area contributed by atoms with E-state index < -0.39 is 8.07 Å². The summed E-state index contributed by atoms with van der Waals surface area (Å²) in [5, 5.41) is 1.49. The van der Waals surface area contributed by atoms with Crippen molar-refractivity contribution in [1.29, 1.82) is 0 Å². The summed E-state index contributed by atoms with van der Waals surface area (Å²) >= 11 is 0. The average molecular weight is 654 g/mol. The monoisotopic (exact) mass is 654 g/mol. The van der Waals surface area contributed by atoms with Crippen LogP contribution in [0.5, 0.6) is 0 Å². The zero-order valence-electron chi connectivity index (χ0n) is 21.6. The summed E-state index contributed by atoms with van der Waals surface area (Å²) in [5.74, 6) is 0.667. The molecule has 4 rings (SSSR count). The molecular weight excluding hydrogens is 619 g/mol. The molecule has 2 nitrogen and oxygen atoms in total. The van der Waals surface area contributed by atoms with Gasteiger partial charge in [-0.3, -0.25) is 0 Å². The number of aromatic nitrogens is 2. The second-order valence-corrected chi connectivity index (χ2v) is 14.9. The first-order valence-corrected chi connectivity index (χ1v) is 15.1. The number of aryl methyl sites for hydroxylation is 1. The van der Waals surface area contributed by atoms with Gasteiger partial charge >= 0.3 is 0 Å². The zero-order chi connectivity index (χ0) is 23.8. The van der Waals surface area contributed by atoms with Crippen LogP contribution in [-0.4, -0.2) is 26.5 Å². The van der Waals surface area contributed by atoms with Crippen molar-refractivity contribution in [1.82, 2.24) is 9.97 Å². The van der Waals surface area contributed by atoms with E-state index in [0.29, 0.717) is 5.92 Å². The first-order chi connectivity index (χ1) is 15.7. The van der Waals surface area contributed by atoms with E-state index in [2.05, 4.69) is 86.9 Å². The van der Waals surface area contributed by atoms with E-state index in [1.807, 2.05) is 54.7 Å². The van der Waals surface area contributed by atoms with Crippen molar-refractivity contribution in [3.8, 4) is 22.5 Å². The molecular formula is C30H34BIrN2Si-2. The van der Waals surface area contributed by atoms with Crippen molar-refractivity contribution in [2.75, 3.05) is 0 Å². The summed E-state index contributed by atoms with van der Waals surface area (Å²) in [6.07, 6.45) is 5.06. The molecule has 4 aromatic rings. The third-order valence-electron chi connectivity index (χ3n) is 5.31. The van der Waals surface area contributed by atoms with Crippen LogP contribution in [0.3, 0.4) is 0 Å². The quantitative estimate of drug-likeness (QED) is 0.176. The van der Waals surface area contributed by atoms with Gasteiger partial charge in [0.25, 0.3) is 0 Å². The zero-order valence-corrected chi connectivity index (χ0v) is 25.0. The van der Waals surface area contributed by atoms with E-state index in [9.17, 15) is 0 Å². The van der Waals surface area contributed by atoms with Gasteiger partial charge in [0.05, 0.1) is 8.07 Å². The summed E-state index contributed by atoms with van der Waals surface area (Å²) in [5.41, 5.74) is 6.86. The Labute approximate surface area is 228 Å². The second kappa shape index (κ2) is 14.3. The molecule has 0 aliphatic rings. The predicted molar refractivity (Wildman–Crippen MR) is 149 cm³/mol. The van der Waals surface area contributed by atoms with Crippen LogP contribution in [0, 0.1) is 25.0 Å². The van der Waals surface area contributed by atoms with Crippen LogP contribution in [0.25, 0.3) is 22.5 Å². The third kappa shape index (κ3) is 9.33.